The van der Waals surface area contributed by atoms with Gasteiger partial charge in [0.15, 0.2) is 11.5 Å². The van der Waals surface area contributed by atoms with Crippen LogP contribution in [-0.4, -0.2) is 18.7 Å². The second-order valence-electron chi connectivity index (χ2n) is 6.92. The zero-order chi connectivity index (χ0) is 23.6. The van der Waals surface area contributed by atoms with Crippen LogP contribution in [0.25, 0.3) is 0 Å². The Kier molecular flexibility index (Phi) is 8.87. The van der Waals surface area contributed by atoms with E-state index in [1.807, 2.05) is 43.3 Å². The standard InChI is InChI=1S/C25H21BrClN3O3/c1-2-32-23-12-18(15-29-30-24(31)13-17-7-9-21(26)10-8-17)11-22(27)25(23)33-16-20-6-4-3-5-19(20)14-28/h3-12,15H,2,13,16H2,1H3,(H,30,31)/b29-15+. The SMILES string of the molecule is CCOc1cc(/C=N/NC(=O)Cc2ccc(Br)cc2)cc(Cl)c1OCc1ccccc1C#N. The van der Waals surface area contributed by atoms with Gasteiger partial charge in [0.05, 0.1) is 35.9 Å². The van der Waals surface area contributed by atoms with Gasteiger partial charge >= 0.3 is 0 Å². The summed E-state index contributed by atoms with van der Waals surface area (Å²) in [5, 5.41) is 13.6. The molecule has 0 spiro atoms. The Balaban J connectivity index is 1.68. The molecular weight excluding hydrogens is 506 g/mol. The molecule has 8 heteroatoms. The number of nitriles is 1. The molecule has 1 N–H and O–H groups in total. The van der Waals surface area contributed by atoms with Gasteiger partial charge in [0.25, 0.3) is 0 Å². The van der Waals surface area contributed by atoms with Crippen LogP contribution in [0, 0.1) is 11.3 Å². The third-order valence-electron chi connectivity index (χ3n) is 4.52. The topological polar surface area (TPSA) is 83.7 Å². The van der Waals surface area contributed by atoms with Crippen molar-refractivity contribution in [2.75, 3.05) is 6.61 Å². The molecule has 0 heterocycles. The van der Waals surface area contributed by atoms with Crippen molar-refractivity contribution < 1.29 is 14.3 Å². The first-order chi connectivity index (χ1) is 16.0. The second kappa shape index (κ2) is 12.0. The summed E-state index contributed by atoms with van der Waals surface area (Å²) in [6, 6.07) is 20.2. The van der Waals surface area contributed by atoms with Crippen molar-refractivity contribution in [2.45, 2.75) is 20.0 Å². The van der Waals surface area contributed by atoms with E-state index in [4.69, 9.17) is 21.1 Å². The Morgan fingerprint density at radius 3 is 2.67 bits per heavy atom. The Morgan fingerprint density at radius 2 is 1.94 bits per heavy atom. The summed E-state index contributed by atoms with van der Waals surface area (Å²) in [4.78, 5) is 12.1. The van der Waals surface area contributed by atoms with Gasteiger partial charge in [-0.3, -0.25) is 4.79 Å². The van der Waals surface area contributed by atoms with E-state index < -0.39 is 0 Å². The number of nitrogens with one attached hydrogen (secondary N) is 1. The molecule has 0 atom stereocenters. The first kappa shape index (κ1) is 24.3. The van der Waals surface area contributed by atoms with Gasteiger partial charge in [-0.2, -0.15) is 10.4 Å². The molecule has 0 fully saturated rings. The number of hydrogen-bond acceptors (Lipinski definition) is 5. The number of rotatable bonds is 9. The smallest absolute Gasteiger partial charge is 0.244 e. The predicted molar refractivity (Wildman–Crippen MR) is 132 cm³/mol. The molecule has 0 aliphatic carbocycles. The first-order valence-electron chi connectivity index (χ1n) is 10.1. The van der Waals surface area contributed by atoms with Crippen LogP contribution in [-0.2, 0) is 17.8 Å². The molecule has 0 aromatic heterocycles. The second-order valence-corrected chi connectivity index (χ2v) is 8.24. The maximum atomic E-state index is 12.1. The van der Waals surface area contributed by atoms with Crippen LogP contribution in [0.15, 0.2) is 70.2 Å². The fraction of sp³-hybridized carbons (Fsp3) is 0.160. The van der Waals surface area contributed by atoms with E-state index in [1.54, 1.807) is 24.3 Å². The number of benzene rings is 3. The Labute approximate surface area is 205 Å². The molecule has 6 nitrogen and oxygen atoms in total. The van der Waals surface area contributed by atoms with Gasteiger partial charge in [-0.25, -0.2) is 5.43 Å². The lowest BCUT2D eigenvalue weighted by molar-refractivity contribution is -0.120. The summed E-state index contributed by atoms with van der Waals surface area (Å²) in [6.07, 6.45) is 1.70. The van der Waals surface area contributed by atoms with Crippen molar-refractivity contribution in [2.24, 2.45) is 5.10 Å². The normalized spacial score (nSPS) is 10.6. The van der Waals surface area contributed by atoms with Gasteiger partial charge in [0.1, 0.15) is 6.61 Å². The first-order valence-corrected chi connectivity index (χ1v) is 11.3. The van der Waals surface area contributed by atoms with Crippen LogP contribution < -0.4 is 14.9 Å². The number of hydrazone groups is 1. The van der Waals surface area contributed by atoms with E-state index in [-0.39, 0.29) is 18.9 Å². The Hall–Kier alpha value is -3.34. The highest BCUT2D eigenvalue weighted by atomic mass is 79.9. The third kappa shape index (κ3) is 7.07. The van der Waals surface area contributed by atoms with Crippen LogP contribution in [0.3, 0.4) is 0 Å². The molecule has 3 rings (SSSR count). The van der Waals surface area contributed by atoms with E-state index in [0.717, 1.165) is 15.6 Å². The highest BCUT2D eigenvalue weighted by Crippen LogP contribution is 2.37. The highest BCUT2D eigenvalue weighted by molar-refractivity contribution is 9.10. The molecule has 0 aliphatic rings. The number of halogens is 2. The molecule has 3 aromatic carbocycles. The maximum Gasteiger partial charge on any atom is 0.244 e. The van der Waals surface area contributed by atoms with Crippen molar-refractivity contribution in [3.05, 3.63) is 92.4 Å². The zero-order valence-corrected chi connectivity index (χ0v) is 20.2. The monoisotopic (exact) mass is 525 g/mol. The number of ether oxygens (including phenoxy) is 2. The van der Waals surface area contributed by atoms with E-state index in [9.17, 15) is 10.1 Å². The van der Waals surface area contributed by atoms with E-state index >= 15 is 0 Å². The largest absolute Gasteiger partial charge is 0.490 e. The minimum Gasteiger partial charge on any atom is -0.490 e. The fourth-order valence-electron chi connectivity index (χ4n) is 2.98. The molecule has 0 radical (unpaired) electrons. The zero-order valence-electron chi connectivity index (χ0n) is 17.8. The molecule has 0 saturated carbocycles. The summed E-state index contributed by atoms with van der Waals surface area (Å²) < 4.78 is 12.5. The van der Waals surface area contributed by atoms with Crippen molar-refractivity contribution in [1.29, 1.82) is 5.26 Å². The summed E-state index contributed by atoms with van der Waals surface area (Å²) in [5.74, 6) is 0.588. The third-order valence-corrected chi connectivity index (χ3v) is 5.33. The Bertz CT molecular complexity index is 1190. The molecule has 1 amide bonds. The molecule has 3 aromatic rings. The van der Waals surface area contributed by atoms with Crippen LogP contribution >= 0.6 is 27.5 Å². The van der Waals surface area contributed by atoms with Crippen molar-refractivity contribution >= 4 is 39.7 Å². The summed E-state index contributed by atoms with van der Waals surface area (Å²) in [7, 11) is 0. The van der Waals surface area contributed by atoms with E-state index in [1.165, 1.54) is 6.21 Å². The maximum absolute atomic E-state index is 12.1. The lowest BCUT2D eigenvalue weighted by Gasteiger charge is -2.15. The minimum atomic E-state index is -0.235. The number of carbonyl (C=O) groups excluding carboxylic acids is 1. The van der Waals surface area contributed by atoms with E-state index in [2.05, 4.69) is 32.5 Å². The van der Waals surface area contributed by atoms with Gasteiger partial charge < -0.3 is 9.47 Å². The predicted octanol–water partition coefficient (Wildman–Crippen LogP) is 5.64. The minimum absolute atomic E-state index is 0.170. The van der Waals surface area contributed by atoms with Gasteiger partial charge in [-0.05, 0) is 48.4 Å². The number of hydrogen-bond donors (Lipinski definition) is 1. The number of amides is 1. The average molecular weight is 527 g/mol. The fourth-order valence-corrected chi connectivity index (χ4v) is 3.51. The van der Waals surface area contributed by atoms with Crippen LogP contribution in [0.2, 0.25) is 5.02 Å². The molecule has 0 saturated heterocycles. The van der Waals surface area contributed by atoms with Gasteiger partial charge in [-0.15, -0.1) is 0 Å². The van der Waals surface area contributed by atoms with Gasteiger partial charge in [0.2, 0.25) is 5.91 Å². The lowest BCUT2D eigenvalue weighted by Crippen LogP contribution is -2.19. The summed E-state index contributed by atoms with van der Waals surface area (Å²) >= 11 is 9.82. The van der Waals surface area contributed by atoms with Gasteiger partial charge in [0, 0.05) is 10.0 Å². The molecule has 33 heavy (non-hydrogen) atoms. The summed E-state index contributed by atoms with van der Waals surface area (Å²) in [6.45, 7) is 2.43. The molecule has 0 aliphatic heterocycles. The van der Waals surface area contributed by atoms with Crippen molar-refractivity contribution in [3.63, 3.8) is 0 Å². The van der Waals surface area contributed by atoms with Gasteiger partial charge in [-0.1, -0.05) is 57.9 Å². The lowest BCUT2D eigenvalue weighted by atomic mass is 10.1. The quantitative estimate of drug-likeness (QED) is 0.289. The molecule has 0 bridgehead atoms. The van der Waals surface area contributed by atoms with Crippen LogP contribution in [0.4, 0.5) is 0 Å². The van der Waals surface area contributed by atoms with Crippen molar-refractivity contribution in [1.82, 2.24) is 5.43 Å². The van der Waals surface area contributed by atoms with Crippen LogP contribution in [0.1, 0.15) is 29.2 Å². The summed E-state index contributed by atoms with van der Waals surface area (Å²) in [5.41, 5.74) is 5.31. The average Bonchev–Trinajstić information content (AvgIpc) is 2.80. The number of carbonyl (C=O) groups is 1. The van der Waals surface area contributed by atoms with E-state index in [0.29, 0.717) is 34.3 Å². The van der Waals surface area contributed by atoms with Crippen LogP contribution in [0.5, 0.6) is 11.5 Å². The Morgan fingerprint density at radius 1 is 1.18 bits per heavy atom. The molecule has 0 unspecified atom stereocenters. The number of nitrogens with zero attached hydrogens (tertiary/aromatic N) is 2. The van der Waals surface area contributed by atoms with Crippen molar-refractivity contribution in [3.8, 4) is 17.6 Å². The molecule has 168 valence electrons. The highest BCUT2D eigenvalue weighted by Gasteiger charge is 2.13. The molecular formula is C25H21BrClN3O3.